The highest BCUT2D eigenvalue weighted by Crippen LogP contribution is 2.16. The molecule has 0 amide bonds. The van der Waals surface area contributed by atoms with Gasteiger partial charge in [0.25, 0.3) is 0 Å². The summed E-state index contributed by atoms with van der Waals surface area (Å²) in [5.74, 6) is 0. The number of aliphatic hydroxyl groups excluding tert-OH is 1. The van der Waals surface area contributed by atoms with Gasteiger partial charge in [-0.05, 0) is 12.8 Å². The van der Waals surface area contributed by atoms with Gasteiger partial charge >= 0.3 is 0 Å². The molecule has 1 nitrogen and oxygen atoms in total. The third kappa shape index (κ3) is 26.0. The Balaban J connectivity index is 3.12. The quantitative estimate of drug-likeness (QED) is 0.137. The summed E-state index contributed by atoms with van der Waals surface area (Å²) in [6, 6.07) is 0. The summed E-state index contributed by atoms with van der Waals surface area (Å²) < 4.78 is 0. The summed E-state index contributed by atoms with van der Waals surface area (Å²) in [5.41, 5.74) is 0. The van der Waals surface area contributed by atoms with Gasteiger partial charge in [-0.15, -0.1) is 0 Å². The third-order valence-corrected chi connectivity index (χ3v) is 6.78. The van der Waals surface area contributed by atoms with Crippen molar-refractivity contribution < 1.29 is 5.11 Å². The molecule has 0 saturated heterocycles. The fourth-order valence-corrected chi connectivity index (χ4v) is 4.59. The van der Waals surface area contributed by atoms with Crippen LogP contribution in [0, 0.1) is 0 Å². The number of hydrogen-bond donors (Lipinski definition) is 1. The Morgan fingerprint density at radius 1 is 0.333 bits per heavy atom. The van der Waals surface area contributed by atoms with Crippen molar-refractivity contribution in [1.29, 1.82) is 0 Å². The van der Waals surface area contributed by atoms with Crippen LogP contribution >= 0.6 is 0 Å². The van der Waals surface area contributed by atoms with E-state index in [1.54, 1.807) is 0 Å². The highest BCUT2D eigenvalue weighted by molar-refractivity contribution is 4.58. The molecule has 0 aromatic carbocycles. The first kappa shape index (κ1) is 30.0. The van der Waals surface area contributed by atoms with Crippen molar-refractivity contribution in [3.8, 4) is 0 Å². The van der Waals surface area contributed by atoms with Crippen LogP contribution in [0.1, 0.15) is 181 Å². The van der Waals surface area contributed by atoms with E-state index in [9.17, 15) is 5.11 Å². The van der Waals surface area contributed by atoms with Crippen LogP contribution in [0.2, 0.25) is 0 Å². The summed E-state index contributed by atoms with van der Waals surface area (Å²) in [6.07, 6.45) is 35.6. The van der Waals surface area contributed by atoms with Crippen LogP contribution in [0.15, 0.2) is 0 Å². The molecule has 1 atom stereocenters. The molecule has 0 aliphatic heterocycles. The van der Waals surface area contributed by atoms with E-state index in [0.29, 0.717) is 0 Å². The molecule has 0 radical (unpaired) electrons. The minimum absolute atomic E-state index is 0.0311. The van der Waals surface area contributed by atoms with E-state index in [4.69, 9.17) is 0 Å². The molecule has 30 heavy (non-hydrogen) atoms. The van der Waals surface area contributed by atoms with Crippen LogP contribution in [-0.2, 0) is 0 Å². The zero-order valence-electron chi connectivity index (χ0n) is 21.4. The Morgan fingerprint density at radius 2 is 0.533 bits per heavy atom. The van der Waals surface area contributed by atoms with E-state index in [0.717, 1.165) is 12.8 Å². The van der Waals surface area contributed by atoms with Gasteiger partial charge in [0.15, 0.2) is 0 Å². The molecule has 0 rings (SSSR count). The normalized spacial score (nSPS) is 12.5. The van der Waals surface area contributed by atoms with Gasteiger partial charge in [-0.3, -0.25) is 0 Å². The first-order chi connectivity index (χ1) is 14.8. The van der Waals surface area contributed by atoms with Crippen molar-refractivity contribution in [3.05, 3.63) is 0 Å². The molecule has 1 N–H and O–H groups in total. The first-order valence-electron chi connectivity index (χ1n) is 14.5. The van der Waals surface area contributed by atoms with Gasteiger partial charge in [0.2, 0.25) is 0 Å². The summed E-state index contributed by atoms with van der Waals surface area (Å²) in [5, 5.41) is 10.2. The van der Waals surface area contributed by atoms with Crippen molar-refractivity contribution in [2.24, 2.45) is 0 Å². The summed E-state index contributed by atoms with van der Waals surface area (Å²) in [6.45, 7) is 4.58. The summed E-state index contributed by atoms with van der Waals surface area (Å²) in [7, 11) is 0. The molecular weight excluding hydrogens is 364 g/mol. The molecule has 0 aromatic heterocycles. The van der Waals surface area contributed by atoms with E-state index in [1.807, 2.05) is 0 Å². The first-order valence-corrected chi connectivity index (χ1v) is 14.5. The molecule has 0 aliphatic rings. The second-order valence-corrected chi connectivity index (χ2v) is 10.0. The Bertz CT molecular complexity index is 288. The van der Waals surface area contributed by atoms with Gasteiger partial charge in [0.05, 0.1) is 6.10 Å². The minimum Gasteiger partial charge on any atom is -0.393 e. The molecule has 0 aromatic rings. The Labute approximate surface area is 192 Å². The van der Waals surface area contributed by atoms with E-state index < -0.39 is 0 Å². The van der Waals surface area contributed by atoms with Crippen molar-refractivity contribution in [3.63, 3.8) is 0 Å². The Morgan fingerprint density at radius 3 is 0.767 bits per heavy atom. The molecule has 0 aliphatic carbocycles. The molecule has 0 spiro atoms. The van der Waals surface area contributed by atoms with Crippen LogP contribution in [-0.4, -0.2) is 11.2 Å². The van der Waals surface area contributed by atoms with E-state index in [1.165, 1.54) is 154 Å². The fourth-order valence-electron chi connectivity index (χ4n) is 4.59. The van der Waals surface area contributed by atoms with E-state index in [-0.39, 0.29) is 6.10 Å². The van der Waals surface area contributed by atoms with Crippen LogP contribution in [0.3, 0.4) is 0 Å². The molecule has 182 valence electrons. The van der Waals surface area contributed by atoms with Gasteiger partial charge in [0.1, 0.15) is 0 Å². The lowest BCUT2D eigenvalue weighted by Crippen LogP contribution is -2.05. The van der Waals surface area contributed by atoms with Crippen LogP contribution in [0.5, 0.6) is 0 Å². The van der Waals surface area contributed by atoms with Gasteiger partial charge in [-0.1, -0.05) is 168 Å². The lowest BCUT2D eigenvalue weighted by atomic mass is 10.0. The van der Waals surface area contributed by atoms with Gasteiger partial charge in [-0.2, -0.15) is 0 Å². The third-order valence-electron chi connectivity index (χ3n) is 6.78. The summed E-state index contributed by atoms with van der Waals surface area (Å²) >= 11 is 0. The Hall–Kier alpha value is -0.0400. The van der Waals surface area contributed by atoms with Crippen LogP contribution < -0.4 is 0 Å². The molecule has 1 heteroatoms. The highest BCUT2D eigenvalue weighted by Gasteiger charge is 2.03. The van der Waals surface area contributed by atoms with Crippen LogP contribution in [0.4, 0.5) is 0 Å². The average Bonchev–Trinajstić information content (AvgIpc) is 2.75. The molecular formula is C29H60O. The number of aliphatic hydroxyl groups is 1. The lowest BCUT2D eigenvalue weighted by molar-refractivity contribution is 0.147. The Kier molecular flexibility index (Phi) is 27.0. The molecule has 0 fully saturated rings. The number of unbranched alkanes of at least 4 members (excludes halogenated alkanes) is 22. The zero-order valence-corrected chi connectivity index (χ0v) is 21.4. The number of hydrogen-bond acceptors (Lipinski definition) is 1. The predicted octanol–water partition coefficient (Wildman–Crippen LogP) is 10.5. The topological polar surface area (TPSA) is 20.2 Å². The zero-order chi connectivity index (χ0) is 22.0. The van der Waals surface area contributed by atoms with E-state index in [2.05, 4.69) is 13.8 Å². The van der Waals surface area contributed by atoms with Crippen molar-refractivity contribution in [1.82, 2.24) is 0 Å². The average molecular weight is 425 g/mol. The second kappa shape index (κ2) is 27.0. The maximum atomic E-state index is 10.2. The smallest absolute Gasteiger partial charge is 0.0540 e. The molecule has 0 bridgehead atoms. The highest BCUT2D eigenvalue weighted by atomic mass is 16.3. The van der Waals surface area contributed by atoms with Gasteiger partial charge in [0, 0.05) is 0 Å². The fraction of sp³-hybridized carbons (Fsp3) is 1.00. The van der Waals surface area contributed by atoms with Gasteiger partial charge < -0.3 is 5.11 Å². The maximum absolute atomic E-state index is 10.2. The van der Waals surface area contributed by atoms with Crippen molar-refractivity contribution >= 4 is 0 Å². The molecule has 0 saturated carbocycles. The predicted molar refractivity (Wildman–Crippen MR) is 137 cm³/mol. The minimum atomic E-state index is -0.0311. The van der Waals surface area contributed by atoms with Crippen molar-refractivity contribution in [2.75, 3.05) is 0 Å². The van der Waals surface area contributed by atoms with Crippen LogP contribution in [0.25, 0.3) is 0 Å². The largest absolute Gasteiger partial charge is 0.393 e. The van der Waals surface area contributed by atoms with E-state index >= 15 is 0 Å². The standard InChI is InChI=1S/C29H60O/c1-3-5-7-9-11-13-15-16-17-18-20-22-24-26-28-29(30)27-25-23-21-19-14-12-10-8-6-4-2/h29-30H,3-28H2,1-2H3/t29-/m1/s1. The van der Waals surface area contributed by atoms with Gasteiger partial charge in [-0.25, -0.2) is 0 Å². The molecule has 0 heterocycles. The van der Waals surface area contributed by atoms with Crippen molar-refractivity contribution in [2.45, 2.75) is 187 Å². The second-order valence-electron chi connectivity index (χ2n) is 10.0. The number of rotatable bonds is 26. The molecule has 0 unspecified atom stereocenters. The summed E-state index contributed by atoms with van der Waals surface area (Å²) in [4.78, 5) is 0. The SMILES string of the molecule is CCCCCCCCCCCCCCCC[C@H](O)CCCCCCCCCCCC. The lowest BCUT2D eigenvalue weighted by Gasteiger charge is -2.10. The maximum Gasteiger partial charge on any atom is 0.0540 e. The monoisotopic (exact) mass is 424 g/mol.